The van der Waals surface area contributed by atoms with Crippen LogP contribution in [0.1, 0.15) is 19.3 Å². The highest BCUT2D eigenvalue weighted by atomic mass is 32.2. The highest BCUT2D eigenvalue weighted by Crippen LogP contribution is 2.07. The molecule has 0 fully saturated rings. The van der Waals surface area contributed by atoms with Crippen molar-refractivity contribution in [3.63, 3.8) is 0 Å². The third kappa shape index (κ3) is 1.42. The molecule has 1 heterocycles. The molecule has 0 aromatic carbocycles. The van der Waals surface area contributed by atoms with E-state index in [1.165, 1.54) is 25.0 Å². The molecule has 0 nitrogen and oxygen atoms in total. The van der Waals surface area contributed by atoms with Crippen LogP contribution in [0, 0.1) is 5.18 Å². The molecule has 0 atom stereocenters. The summed E-state index contributed by atoms with van der Waals surface area (Å²) in [6.07, 6.45) is 3.91. The molecular weight excluding hydrogens is 104 g/mol. The highest BCUT2D eigenvalue weighted by Gasteiger charge is 1.87. The molecule has 0 spiro atoms. The quantitative estimate of drug-likeness (QED) is 0.421. The fourth-order valence-electron chi connectivity index (χ4n) is 0.690. The SMILES string of the molecule is C=S1#CCCCC1. The molecule has 0 radical (unpaired) electrons. The summed E-state index contributed by atoms with van der Waals surface area (Å²) in [5.41, 5.74) is 0. The third-order valence-corrected chi connectivity index (χ3v) is 2.52. The Morgan fingerprint density at radius 3 is 2.57 bits per heavy atom. The molecule has 1 heteroatoms. The maximum absolute atomic E-state index is 3.91. The van der Waals surface area contributed by atoms with Crippen molar-refractivity contribution in [2.24, 2.45) is 0 Å². The minimum Gasteiger partial charge on any atom is -0.190 e. The van der Waals surface area contributed by atoms with Gasteiger partial charge >= 0.3 is 0 Å². The number of hydrogen-bond donors (Lipinski definition) is 0. The maximum Gasteiger partial charge on any atom is 0.0103 e. The van der Waals surface area contributed by atoms with Gasteiger partial charge < -0.3 is 0 Å². The van der Waals surface area contributed by atoms with Crippen LogP contribution in [0.3, 0.4) is 0 Å². The molecule has 0 aliphatic carbocycles. The Morgan fingerprint density at radius 2 is 2.29 bits per heavy atom. The van der Waals surface area contributed by atoms with Gasteiger partial charge in [-0.1, -0.05) is 5.87 Å². The molecule has 0 unspecified atom stereocenters. The monoisotopic (exact) mass is 114 g/mol. The molecule has 1 aliphatic heterocycles. The van der Waals surface area contributed by atoms with Crippen LogP contribution in [0.4, 0.5) is 0 Å². The Bertz CT molecular complexity index is 169. The number of rotatable bonds is 0. The van der Waals surface area contributed by atoms with Crippen molar-refractivity contribution in [2.45, 2.75) is 19.3 Å². The molecule has 0 aromatic rings. The average Bonchev–Trinajstić information content (AvgIpc) is 1.69. The van der Waals surface area contributed by atoms with Crippen LogP contribution in [0.5, 0.6) is 0 Å². The van der Waals surface area contributed by atoms with Crippen LogP contribution >= 0.6 is 9.89 Å². The minimum atomic E-state index is 0.310. The summed E-state index contributed by atoms with van der Waals surface area (Å²) < 4.78 is 0. The van der Waals surface area contributed by atoms with Gasteiger partial charge in [0.25, 0.3) is 0 Å². The van der Waals surface area contributed by atoms with E-state index in [1.54, 1.807) is 0 Å². The van der Waals surface area contributed by atoms with Crippen LogP contribution in [0.2, 0.25) is 0 Å². The van der Waals surface area contributed by atoms with E-state index in [0.29, 0.717) is 9.89 Å². The summed E-state index contributed by atoms with van der Waals surface area (Å²) in [5, 5.41) is 3.30. The Balaban J connectivity index is 2.70. The van der Waals surface area contributed by atoms with Crippen molar-refractivity contribution in [3.8, 4) is 5.18 Å². The van der Waals surface area contributed by atoms with E-state index in [9.17, 15) is 0 Å². The Labute approximate surface area is 46.7 Å². The van der Waals surface area contributed by atoms with Crippen molar-refractivity contribution in [1.82, 2.24) is 0 Å². The molecule has 40 valence electrons. The lowest BCUT2D eigenvalue weighted by molar-refractivity contribution is 0.831. The fourth-order valence-corrected chi connectivity index (χ4v) is 1.82. The third-order valence-electron chi connectivity index (χ3n) is 1.12. The van der Waals surface area contributed by atoms with Crippen molar-refractivity contribution in [3.05, 3.63) is 0 Å². The average molecular weight is 114 g/mol. The van der Waals surface area contributed by atoms with E-state index in [-0.39, 0.29) is 0 Å². The van der Waals surface area contributed by atoms with E-state index in [4.69, 9.17) is 0 Å². The first-order valence-corrected chi connectivity index (χ1v) is 4.20. The topological polar surface area (TPSA) is 0 Å². The summed E-state index contributed by atoms with van der Waals surface area (Å²) in [6, 6.07) is 0. The van der Waals surface area contributed by atoms with Gasteiger partial charge in [-0.25, -0.2) is 0 Å². The van der Waals surface area contributed by atoms with E-state index >= 15 is 0 Å². The van der Waals surface area contributed by atoms with Gasteiger partial charge in [-0.3, -0.25) is 0 Å². The van der Waals surface area contributed by atoms with Gasteiger partial charge in [-0.05, 0) is 12.8 Å². The van der Waals surface area contributed by atoms with Crippen molar-refractivity contribution < 1.29 is 0 Å². The lowest BCUT2D eigenvalue weighted by Gasteiger charge is -1.97. The predicted octanol–water partition coefficient (Wildman–Crippen LogP) is 1.83. The molecule has 1 rings (SSSR count). The molecule has 0 aromatic heterocycles. The summed E-state index contributed by atoms with van der Waals surface area (Å²) in [7, 11) is 0.310. The van der Waals surface area contributed by atoms with Crippen molar-refractivity contribution >= 4 is 15.8 Å². The van der Waals surface area contributed by atoms with E-state index in [0.717, 1.165) is 0 Å². The minimum absolute atomic E-state index is 0.310. The first-order valence-electron chi connectivity index (χ1n) is 2.64. The summed E-state index contributed by atoms with van der Waals surface area (Å²) in [4.78, 5) is 0. The molecule has 0 amide bonds. The molecular formula is C6H10S. The van der Waals surface area contributed by atoms with Crippen LogP contribution in [-0.4, -0.2) is 11.6 Å². The van der Waals surface area contributed by atoms with Gasteiger partial charge in [-0.2, -0.15) is 9.89 Å². The molecule has 7 heavy (non-hydrogen) atoms. The van der Waals surface area contributed by atoms with E-state index in [2.05, 4.69) is 11.1 Å². The zero-order valence-electron chi connectivity index (χ0n) is 4.44. The zero-order valence-corrected chi connectivity index (χ0v) is 5.26. The fraction of sp³-hybridized carbons (Fsp3) is 0.667. The lowest BCUT2D eigenvalue weighted by Crippen LogP contribution is -1.81. The lowest BCUT2D eigenvalue weighted by atomic mass is 10.3. The van der Waals surface area contributed by atoms with Crippen molar-refractivity contribution in [1.29, 1.82) is 0 Å². The zero-order chi connectivity index (χ0) is 5.11. The smallest absolute Gasteiger partial charge is 0.0103 e. The van der Waals surface area contributed by atoms with Crippen LogP contribution in [-0.2, 0) is 0 Å². The second kappa shape index (κ2) is 2.25. The second-order valence-corrected chi connectivity index (χ2v) is 3.48. The van der Waals surface area contributed by atoms with E-state index < -0.39 is 0 Å². The van der Waals surface area contributed by atoms with Gasteiger partial charge in [0.15, 0.2) is 0 Å². The number of hydrogen-bond acceptors (Lipinski definition) is 0. The largest absolute Gasteiger partial charge is 0.190 e. The van der Waals surface area contributed by atoms with E-state index in [1.807, 2.05) is 0 Å². The van der Waals surface area contributed by atoms with Gasteiger partial charge in [0.1, 0.15) is 0 Å². The maximum atomic E-state index is 3.91. The van der Waals surface area contributed by atoms with Crippen LogP contribution < -0.4 is 0 Å². The predicted molar refractivity (Wildman–Crippen MR) is 37.3 cm³/mol. The Hall–Kier alpha value is -0.130. The molecule has 0 bridgehead atoms. The van der Waals surface area contributed by atoms with Crippen molar-refractivity contribution in [2.75, 3.05) is 5.75 Å². The summed E-state index contributed by atoms with van der Waals surface area (Å²) in [5.74, 6) is 5.21. The van der Waals surface area contributed by atoms with Crippen LogP contribution in [0.15, 0.2) is 0 Å². The molecule has 0 saturated carbocycles. The van der Waals surface area contributed by atoms with Crippen LogP contribution in [0.25, 0.3) is 0 Å². The molecule has 0 saturated heterocycles. The second-order valence-electron chi connectivity index (χ2n) is 1.80. The van der Waals surface area contributed by atoms with Gasteiger partial charge in [0.2, 0.25) is 0 Å². The van der Waals surface area contributed by atoms with Gasteiger partial charge in [0, 0.05) is 12.2 Å². The molecule has 1 aliphatic rings. The van der Waals surface area contributed by atoms with Gasteiger partial charge in [0.05, 0.1) is 0 Å². The first-order chi connectivity index (χ1) is 3.39. The van der Waals surface area contributed by atoms with Gasteiger partial charge in [-0.15, -0.1) is 5.18 Å². The normalized spacial score (nSPS) is 20.3. The first kappa shape index (κ1) is 5.02. The highest BCUT2D eigenvalue weighted by molar-refractivity contribution is 8.04. The summed E-state index contributed by atoms with van der Waals surface area (Å²) >= 11 is 0. The summed E-state index contributed by atoms with van der Waals surface area (Å²) in [6.45, 7) is 0. The molecule has 0 N–H and O–H groups in total. The Kier molecular flexibility index (Phi) is 1.61. The Morgan fingerprint density at radius 1 is 1.43 bits per heavy atom. The standard InChI is InChI=1S/C6H10S/c1-7-5-3-2-4-6-7/h1-5H2.